The molecule has 1 aromatic carbocycles. The largest absolute Gasteiger partial charge is 0.465 e. The lowest BCUT2D eigenvalue weighted by Gasteiger charge is -2.18. The van der Waals surface area contributed by atoms with Crippen LogP contribution in [0.5, 0.6) is 0 Å². The van der Waals surface area contributed by atoms with Crippen molar-refractivity contribution in [1.29, 1.82) is 0 Å². The molecule has 7 nitrogen and oxygen atoms in total. The van der Waals surface area contributed by atoms with Gasteiger partial charge in [0.15, 0.2) is 0 Å². The molecule has 1 aromatic heterocycles. The van der Waals surface area contributed by atoms with Crippen LogP contribution in [0, 0.1) is 0 Å². The molecule has 0 aliphatic heterocycles. The molecule has 1 heterocycles. The zero-order chi connectivity index (χ0) is 19.1. The zero-order valence-electron chi connectivity index (χ0n) is 15.0. The van der Waals surface area contributed by atoms with Gasteiger partial charge < -0.3 is 15.0 Å². The van der Waals surface area contributed by atoms with Crippen LogP contribution in [0.2, 0.25) is 0 Å². The lowest BCUT2D eigenvalue weighted by Crippen LogP contribution is -2.30. The van der Waals surface area contributed by atoms with Gasteiger partial charge in [-0.3, -0.25) is 14.6 Å². The van der Waals surface area contributed by atoms with Crippen LogP contribution in [-0.4, -0.2) is 47.9 Å². The summed E-state index contributed by atoms with van der Waals surface area (Å²) in [5.74, 6) is -1.24. The summed E-state index contributed by atoms with van der Waals surface area (Å²) in [5.41, 5.74) is 1.02. The average molecular weight is 355 g/mol. The van der Waals surface area contributed by atoms with Gasteiger partial charge in [-0.2, -0.15) is 0 Å². The van der Waals surface area contributed by atoms with Crippen molar-refractivity contribution in [3.8, 4) is 0 Å². The summed E-state index contributed by atoms with van der Waals surface area (Å²) >= 11 is 0. The lowest BCUT2D eigenvalue weighted by atomic mass is 10.1. The van der Waals surface area contributed by atoms with E-state index in [0.717, 1.165) is 0 Å². The molecule has 0 atom stereocenters. The topological polar surface area (TPSA) is 88.6 Å². The number of pyridine rings is 1. The molecule has 0 bridgehead atoms. The number of nitrogens with one attached hydrogen (secondary N) is 1. The van der Waals surface area contributed by atoms with Crippen LogP contribution in [0.3, 0.4) is 0 Å². The predicted molar refractivity (Wildman–Crippen MR) is 97.2 cm³/mol. The van der Waals surface area contributed by atoms with E-state index < -0.39 is 11.9 Å². The SMILES string of the molecule is CCN(CC)C(=O)c1ccnc(C(=O)Nc2ccccc2C(=O)OC)c1. The first-order valence-electron chi connectivity index (χ1n) is 8.25. The van der Waals surface area contributed by atoms with Crippen molar-refractivity contribution in [2.75, 3.05) is 25.5 Å². The molecular weight excluding hydrogens is 334 g/mol. The Morgan fingerprint density at radius 2 is 1.81 bits per heavy atom. The average Bonchev–Trinajstić information content (AvgIpc) is 2.68. The maximum atomic E-state index is 12.5. The summed E-state index contributed by atoms with van der Waals surface area (Å²) in [6, 6.07) is 9.51. The predicted octanol–water partition coefficient (Wildman–Crippen LogP) is 2.60. The molecule has 1 N–H and O–H groups in total. The molecule has 2 amide bonds. The highest BCUT2D eigenvalue weighted by Gasteiger charge is 2.18. The number of carbonyl (C=O) groups excluding carboxylic acids is 3. The second-order valence-corrected chi connectivity index (χ2v) is 5.40. The van der Waals surface area contributed by atoms with Crippen LogP contribution < -0.4 is 5.32 Å². The molecule has 7 heteroatoms. The van der Waals surface area contributed by atoms with Crippen molar-refractivity contribution in [3.63, 3.8) is 0 Å². The van der Waals surface area contributed by atoms with Gasteiger partial charge in [0.2, 0.25) is 0 Å². The zero-order valence-corrected chi connectivity index (χ0v) is 15.0. The van der Waals surface area contributed by atoms with Crippen LogP contribution in [-0.2, 0) is 4.74 Å². The Hall–Kier alpha value is -3.22. The quantitative estimate of drug-likeness (QED) is 0.805. The minimum absolute atomic E-state index is 0.0858. The van der Waals surface area contributed by atoms with Crippen molar-refractivity contribution in [3.05, 3.63) is 59.4 Å². The number of methoxy groups -OCH3 is 1. The standard InChI is InChI=1S/C19H21N3O4/c1-4-22(5-2)18(24)13-10-11-20-16(12-13)17(23)21-15-9-7-6-8-14(15)19(25)26-3/h6-12H,4-5H2,1-3H3,(H,21,23). The number of esters is 1. The van der Waals surface area contributed by atoms with Crippen LogP contribution >= 0.6 is 0 Å². The molecule has 2 rings (SSSR count). The molecule has 0 aliphatic carbocycles. The van der Waals surface area contributed by atoms with Gasteiger partial charge >= 0.3 is 5.97 Å². The first kappa shape index (κ1) is 19.1. The van der Waals surface area contributed by atoms with Crippen molar-refractivity contribution < 1.29 is 19.1 Å². The number of amides is 2. The second kappa shape index (κ2) is 8.75. The number of benzene rings is 1. The third-order valence-corrected chi connectivity index (χ3v) is 3.87. The van der Waals surface area contributed by atoms with Gasteiger partial charge in [0.05, 0.1) is 18.4 Å². The minimum atomic E-state index is -0.556. The maximum absolute atomic E-state index is 12.5. The third kappa shape index (κ3) is 4.24. The van der Waals surface area contributed by atoms with E-state index in [-0.39, 0.29) is 17.2 Å². The fourth-order valence-electron chi connectivity index (χ4n) is 2.45. The molecule has 0 saturated carbocycles. The Bertz CT molecular complexity index is 816. The summed E-state index contributed by atoms with van der Waals surface area (Å²) in [6.45, 7) is 4.93. The normalized spacial score (nSPS) is 10.1. The van der Waals surface area contributed by atoms with Gasteiger partial charge in [-0.25, -0.2) is 4.79 Å². The fourth-order valence-corrected chi connectivity index (χ4v) is 2.45. The van der Waals surface area contributed by atoms with Crippen LogP contribution in [0.4, 0.5) is 5.69 Å². The molecule has 0 fully saturated rings. The van der Waals surface area contributed by atoms with E-state index in [2.05, 4.69) is 10.3 Å². The van der Waals surface area contributed by atoms with Gasteiger partial charge in [-0.05, 0) is 38.1 Å². The number of carbonyl (C=O) groups is 3. The van der Waals surface area contributed by atoms with Gasteiger partial charge in [0, 0.05) is 24.8 Å². The monoisotopic (exact) mass is 355 g/mol. The fraction of sp³-hybridized carbons (Fsp3) is 0.263. The van der Waals surface area contributed by atoms with Crippen molar-refractivity contribution in [2.24, 2.45) is 0 Å². The van der Waals surface area contributed by atoms with E-state index >= 15 is 0 Å². The molecule has 26 heavy (non-hydrogen) atoms. The van der Waals surface area contributed by atoms with Crippen LogP contribution in [0.25, 0.3) is 0 Å². The molecule has 0 radical (unpaired) electrons. The lowest BCUT2D eigenvalue weighted by molar-refractivity contribution is 0.0601. The van der Waals surface area contributed by atoms with Crippen LogP contribution in [0.1, 0.15) is 45.1 Å². The highest BCUT2D eigenvalue weighted by atomic mass is 16.5. The van der Waals surface area contributed by atoms with E-state index in [1.807, 2.05) is 13.8 Å². The molecule has 2 aromatic rings. The Labute approximate surface area is 152 Å². The number of hydrogen-bond acceptors (Lipinski definition) is 5. The van der Waals surface area contributed by atoms with Gasteiger partial charge in [-0.1, -0.05) is 12.1 Å². The Morgan fingerprint density at radius 3 is 2.46 bits per heavy atom. The van der Waals surface area contributed by atoms with Crippen molar-refractivity contribution >= 4 is 23.5 Å². The summed E-state index contributed by atoms with van der Waals surface area (Å²) in [7, 11) is 1.27. The molecule has 0 unspecified atom stereocenters. The molecular formula is C19H21N3O4. The molecule has 136 valence electrons. The first-order chi connectivity index (χ1) is 12.5. The van der Waals surface area contributed by atoms with Crippen molar-refractivity contribution in [1.82, 2.24) is 9.88 Å². The summed E-state index contributed by atoms with van der Waals surface area (Å²) in [4.78, 5) is 42.4. The van der Waals surface area contributed by atoms with Crippen LogP contribution in [0.15, 0.2) is 42.6 Å². The van der Waals surface area contributed by atoms with Crippen molar-refractivity contribution in [2.45, 2.75) is 13.8 Å². The molecule has 0 aliphatic rings. The van der Waals surface area contributed by atoms with Gasteiger partial charge in [0.1, 0.15) is 5.69 Å². The summed E-state index contributed by atoms with van der Waals surface area (Å²) in [5, 5.41) is 2.64. The highest BCUT2D eigenvalue weighted by Crippen LogP contribution is 2.17. The number of ether oxygens (including phenoxy) is 1. The molecule has 0 spiro atoms. The number of hydrogen-bond donors (Lipinski definition) is 1. The number of para-hydroxylation sites is 1. The number of rotatable bonds is 6. The number of nitrogens with zero attached hydrogens (tertiary/aromatic N) is 2. The van der Waals surface area contributed by atoms with E-state index in [4.69, 9.17) is 4.74 Å². The smallest absolute Gasteiger partial charge is 0.339 e. The second-order valence-electron chi connectivity index (χ2n) is 5.40. The highest BCUT2D eigenvalue weighted by molar-refractivity contribution is 6.08. The van der Waals surface area contributed by atoms with E-state index in [1.54, 1.807) is 35.2 Å². The van der Waals surface area contributed by atoms with Gasteiger partial charge in [0.25, 0.3) is 11.8 Å². The molecule has 0 saturated heterocycles. The third-order valence-electron chi connectivity index (χ3n) is 3.87. The number of anilines is 1. The Morgan fingerprint density at radius 1 is 1.12 bits per heavy atom. The first-order valence-corrected chi connectivity index (χ1v) is 8.25. The van der Waals surface area contributed by atoms with E-state index in [9.17, 15) is 14.4 Å². The maximum Gasteiger partial charge on any atom is 0.339 e. The Kier molecular flexibility index (Phi) is 6.43. The summed E-state index contributed by atoms with van der Waals surface area (Å²) in [6.07, 6.45) is 1.41. The summed E-state index contributed by atoms with van der Waals surface area (Å²) < 4.78 is 4.71. The Balaban J connectivity index is 2.25. The van der Waals surface area contributed by atoms with E-state index in [0.29, 0.717) is 24.3 Å². The minimum Gasteiger partial charge on any atom is -0.465 e. The number of aromatic nitrogens is 1. The van der Waals surface area contributed by atoms with Gasteiger partial charge in [-0.15, -0.1) is 0 Å². The van der Waals surface area contributed by atoms with E-state index in [1.165, 1.54) is 19.4 Å².